The number of hydrogen-bond acceptors (Lipinski definition) is 2. The molecule has 13 heavy (non-hydrogen) atoms. The molecule has 0 unspecified atom stereocenters. The molecule has 68 valence electrons. The zero-order chi connectivity index (χ0) is 9.84. The number of benzene rings is 1. The van der Waals surface area contributed by atoms with Crippen LogP contribution < -0.4 is 4.74 Å². The van der Waals surface area contributed by atoms with E-state index in [9.17, 15) is 0 Å². The van der Waals surface area contributed by atoms with Crippen LogP contribution in [0, 0.1) is 11.3 Å². The predicted molar refractivity (Wildman–Crippen MR) is 57.7 cm³/mol. The van der Waals surface area contributed by atoms with Gasteiger partial charge >= 0.3 is 0 Å². The highest BCUT2D eigenvalue weighted by Crippen LogP contribution is 2.32. The lowest BCUT2D eigenvalue weighted by Gasteiger charge is -2.08. The topological polar surface area (TPSA) is 33.0 Å². The molecular formula is C9H7Br2NO. The first kappa shape index (κ1) is 10.6. The van der Waals surface area contributed by atoms with E-state index in [1.165, 1.54) is 0 Å². The second-order valence-corrected chi connectivity index (χ2v) is 4.18. The van der Waals surface area contributed by atoms with Crippen molar-refractivity contribution in [1.29, 1.82) is 5.26 Å². The fourth-order valence-electron chi connectivity index (χ4n) is 1.06. The van der Waals surface area contributed by atoms with Crippen molar-refractivity contribution < 1.29 is 4.74 Å². The molecule has 0 aliphatic rings. The van der Waals surface area contributed by atoms with Crippen molar-refractivity contribution in [3.05, 3.63) is 26.6 Å². The predicted octanol–water partition coefficient (Wildman–Crippen LogP) is 3.29. The first-order chi connectivity index (χ1) is 6.19. The van der Waals surface area contributed by atoms with E-state index in [2.05, 4.69) is 37.9 Å². The summed E-state index contributed by atoms with van der Waals surface area (Å²) < 4.78 is 6.96. The quantitative estimate of drug-likeness (QED) is 0.840. The molecule has 0 spiro atoms. The lowest BCUT2D eigenvalue weighted by molar-refractivity contribution is 0.408. The average Bonchev–Trinajstić information content (AvgIpc) is 2.04. The SMILES string of the molecule is COc1c(Br)cc(Br)cc1CC#N. The van der Waals surface area contributed by atoms with Gasteiger partial charge in [-0.2, -0.15) is 5.26 Å². The van der Waals surface area contributed by atoms with Crippen LogP contribution in [0.4, 0.5) is 0 Å². The molecule has 1 aromatic rings. The highest BCUT2D eigenvalue weighted by Gasteiger charge is 2.08. The van der Waals surface area contributed by atoms with E-state index in [0.717, 1.165) is 20.3 Å². The Kier molecular flexibility index (Phi) is 3.76. The van der Waals surface area contributed by atoms with E-state index >= 15 is 0 Å². The normalized spacial score (nSPS) is 9.38. The average molecular weight is 305 g/mol. The van der Waals surface area contributed by atoms with Crippen molar-refractivity contribution in [2.45, 2.75) is 6.42 Å². The van der Waals surface area contributed by atoms with Gasteiger partial charge in [-0.15, -0.1) is 0 Å². The Bertz CT molecular complexity index is 357. The standard InChI is InChI=1S/C9H7Br2NO/c1-13-9-6(2-3-12)4-7(10)5-8(9)11/h4-5H,2H2,1H3. The molecule has 0 radical (unpaired) electrons. The maximum atomic E-state index is 8.59. The molecule has 0 heterocycles. The fraction of sp³-hybridized carbons (Fsp3) is 0.222. The van der Waals surface area contributed by atoms with Gasteiger partial charge in [-0.05, 0) is 28.1 Å². The Balaban J connectivity index is 3.23. The third-order valence-corrected chi connectivity index (χ3v) is 2.61. The molecule has 0 bridgehead atoms. The lowest BCUT2D eigenvalue weighted by atomic mass is 10.1. The molecule has 0 atom stereocenters. The van der Waals surface area contributed by atoms with Crippen molar-refractivity contribution in [2.24, 2.45) is 0 Å². The maximum absolute atomic E-state index is 8.59. The number of nitriles is 1. The molecule has 0 saturated carbocycles. The van der Waals surface area contributed by atoms with E-state index in [4.69, 9.17) is 10.00 Å². The molecule has 0 aliphatic heterocycles. The second kappa shape index (κ2) is 4.64. The molecule has 0 aromatic heterocycles. The van der Waals surface area contributed by atoms with Crippen LogP contribution in [-0.2, 0) is 6.42 Å². The van der Waals surface area contributed by atoms with Crippen molar-refractivity contribution in [3.8, 4) is 11.8 Å². The molecular weight excluding hydrogens is 298 g/mol. The summed E-state index contributed by atoms with van der Waals surface area (Å²) in [6, 6.07) is 5.86. The van der Waals surface area contributed by atoms with Gasteiger partial charge < -0.3 is 4.74 Å². The van der Waals surface area contributed by atoms with Gasteiger partial charge in [0.15, 0.2) is 0 Å². The van der Waals surface area contributed by atoms with E-state index in [1.807, 2.05) is 12.1 Å². The minimum Gasteiger partial charge on any atom is -0.495 e. The summed E-state index contributed by atoms with van der Waals surface area (Å²) in [6.45, 7) is 0. The van der Waals surface area contributed by atoms with E-state index in [1.54, 1.807) is 7.11 Å². The van der Waals surface area contributed by atoms with Gasteiger partial charge in [0, 0.05) is 10.0 Å². The van der Waals surface area contributed by atoms with Gasteiger partial charge in [0.25, 0.3) is 0 Å². The summed E-state index contributed by atoms with van der Waals surface area (Å²) in [5.74, 6) is 0.727. The Morgan fingerprint density at radius 2 is 2.15 bits per heavy atom. The van der Waals surface area contributed by atoms with Crippen molar-refractivity contribution in [1.82, 2.24) is 0 Å². The Morgan fingerprint density at radius 1 is 1.46 bits per heavy atom. The molecule has 0 N–H and O–H groups in total. The van der Waals surface area contributed by atoms with E-state index in [0.29, 0.717) is 6.42 Å². The molecule has 0 amide bonds. The molecule has 0 saturated heterocycles. The fourth-order valence-corrected chi connectivity index (χ4v) is 2.53. The molecule has 0 fully saturated rings. The van der Waals surface area contributed by atoms with Crippen molar-refractivity contribution in [3.63, 3.8) is 0 Å². The Morgan fingerprint density at radius 3 is 2.69 bits per heavy atom. The van der Waals surface area contributed by atoms with Crippen molar-refractivity contribution in [2.75, 3.05) is 7.11 Å². The summed E-state index contributed by atoms with van der Waals surface area (Å²) in [4.78, 5) is 0. The number of ether oxygens (including phenoxy) is 1. The molecule has 2 nitrogen and oxygen atoms in total. The maximum Gasteiger partial charge on any atom is 0.137 e. The summed E-state index contributed by atoms with van der Waals surface area (Å²) in [5, 5.41) is 8.59. The minimum absolute atomic E-state index is 0.348. The van der Waals surface area contributed by atoms with Gasteiger partial charge in [-0.1, -0.05) is 15.9 Å². The number of nitrogens with zero attached hydrogens (tertiary/aromatic N) is 1. The Labute approximate surface area is 93.8 Å². The van der Waals surface area contributed by atoms with Crippen molar-refractivity contribution >= 4 is 31.9 Å². The van der Waals surface area contributed by atoms with Gasteiger partial charge in [-0.25, -0.2) is 0 Å². The van der Waals surface area contributed by atoms with Crippen LogP contribution >= 0.6 is 31.9 Å². The Hall–Kier alpha value is -0.530. The summed E-state index contributed by atoms with van der Waals surface area (Å²) in [6.07, 6.45) is 0.348. The summed E-state index contributed by atoms with van der Waals surface area (Å²) in [5.41, 5.74) is 0.881. The summed E-state index contributed by atoms with van der Waals surface area (Å²) >= 11 is 6.72. The molecule has 0 aliphatic carbocycles. The lowest BCUT2D eigenvalue weighted by Crippen LogP contribution is -1.92. The molecule has 4 heteroatoms. The number of hydrogen-bond donors (Lipinski definition) is 0. The first-order valence-electron chi connectivity index (χ1n) is 3.58. The van der Waals surface area contributed by atoms with Crippen LogP contribution in [0.15, 0.2) is 21.1 Å². The number of halogens is 2. The number of methoxy groups -OCH3 is 1. The molecule has 1 rings (SSSR count). The third-order valence-electron chi connectivity index (χ3n) is 1.56. The third kappa shape index (κ3) is 2.45. The monoisotopic (exact) mass is 303 g/mol. The number of rotatable bonds is 2. The van der Waals surface area contributed by atoms with Gasteiger partial charge in [0.2, 0.25) is 0 Å². The van der Waals surface area contributed by atoms with Crippen LogP contribution in [-0.4, -0.2) is 7.11 Å². The first-order valence-corrected chi connectivity index (χ1v) is 5.16. The van der Waals surface area contributed by atoms with Crippen LogP contribution in [0.5, 0.6) is 5.75 Å². The minimum atomic E-state index is 0.348. The van der Waals surface area contributed by atoms with E-state index in [-0.39, 0.29) is 0 Å². The van der Waals surface area contributed by atoms with Gasteiger partial charge in [-0.3, -0.25) is 0 Å². The zero-order valence-electron chi connectivity index (χ0n) is 6.97. The highest BCUT2D eigenvalue weighted by molar-refractivity contribution is 9.11. The second-order valence-electron chi connectivity index (χ2n) is 2.41. The van der Waals surface area contributed by atoms with Crippen LogP contribution in [0.25, 0.3) is 0 Å². The van der Waals surface area contributed by atoms with Gasteiger partial charge in [0.1, 0.15) is 5.75 Å². The largest absolute Gasteiger partial charge is 0.495 e. The zero-order valence-corrected chi connectivity index (χ0v) is 10.1. The smallest absolute Gasteiger partial charge is 0.137 e. The van der Waals surface area contributed by atoms with Crippen LogP contribution in [0.3, 0.4) is 0 Å². The van der Waals surface area contributed by atoms with Gasteiger partial charge in [0.05, 0.1) is 24.1 Å². The van der Waals surface area contributed by atoms with Crippen LogP contribution in [0.2, 0.25) is 0 Å². The summed E-state index contributed by atoms with van der Waals surface area (Å²) in [7, 11) is 1.59. The van der Waals surface area contributed by atoms with E-state index < -0.39 is 0 Å². The molecule has 1 aromatic carbocycles. The highest BCUT2D eigenvalue weighted by atomic mass is 79.9. The van der Waals surface area contributed by atoms with Crippen LogP contribution in [0.1, 0.15) is 5.56 Å².